The maximum Gasteiger partial charge on any atom is 0.264 e. The number of aromatic nitrogens is 2. The summed E-state index contributed by atoms with van der Waals surface area (Å²) in [4.78, 5) is 11.6. The molecule has 1 radical (unpaired) electrons. The van der Waals surface area contributed by atoms with Crippen molar-refractivity contribution in [3.05, 3.63) is 42.7 Å². The normalized spacial score (nSPS) is 11.1. The summed E-state index contributed by atoms with van der Waals surface area (Å²) in [6.07, 6.45) is 2.61. The van der Waals surface area contributed by atoms with Crippen molar-refractivity contribution < 1.29 is 50.1 Å². The van der Waals surface area contributed by atoms with Crippen LogP contribution in [-0.4, -0.2) is 30.2 Å². The first-order valence-electron chi connectivity index (χ1n) is 5.30. The average Bonchev–Trinajstić information content (AvgIpc) is 2.77. The quantitative estimate of drug-likeness (QED) is 0.618. The molecule has 2 aromatic rings. The predicted octanol–water partition coefficient (Wildman–Crippen LogP) is 0.329. The molecule has 2 rings (SSSR count). The van der Waals surface area contributed by atoms with Crippen LogP contribution >= 0.6 is 0 Å². The van der Waals surface area contributed by atoms with E-state index in [4.69, 9.17) is 0 Å². The maximum atomic E-state index is 11.6. The van der Waals surface area contributed by atoms with Gasteiger partial charge in [0, 0.05) is 38.9 Å². The Morgan fingerprint density at radius 2 is 2.25 bits per heavy atom. The molecule has 1 amide bonds. The molecule has 0 fully saturated rings. The van der Waals surface area contributed by atoms with E-state index in [0.29, 0.717) is 16.8 Å². The molecule has 0 unspecified atom stereocenters. The first-order valence-corrected chi connectivity index (χ1v) is 7.11. The molecule has 0 saturated carbocycles. The molecule has 0 aliphatic rings. The minimum absolute atomic E-state index is 0. The zero-order valence-electron chi connectivity index (χ0n) is 10.7. The first kappa shape index (κ1) is 17.2. The zero-order valence-corrected chi connectivity index (χ0v) is 14.4. The van der Waals surface area contributed by atoms with Gasteiger partial charge >= 0.3 is 0 Å². The molecule has 0 aromatic carbocycles. The van der Waals surface area contributed by atoms with Crippen LogP contribution in [0.15, 0.2) is 24.4 Å². The number of carbonyl (C=O) groups excluding carboxylic acids is 1. The molecule has 0 aliphatic heterocycles. The molecule has 0 spiro atoms. The van der Waals surface area contributed by atoms with E-state index in [0.717, 1.165) is 6.26 Å². The van der Waals surface area contributed by atoms with Gasteiger partial charge in [-0.15, -0.1) is 0 Å². The number of amides is 1. The minimum Gasteiger partial charge on any atom is -0.504 e. The molecule has 105 valence electrons. The molecular formula is C11H12N3O4SY-. The van der Waals surface area contributed by atoms with Gasteiger partial charge in [-0.2, -0.15) is 13.5 Å². The van der Waals surface area contributed by atoms with Crippen LogP contribution in [-0.2, 0) is 53.6 Å². The summed E-state index contributed by atoms with van der Waals surface area (Å²) in [5.74, 6) is -0.346. The standard InChI is InChI=1S/C11H12N3O4S.Y/c1-12-11(15)9-4-3-5-14-10(9)6-8(13-14)7-18-19(2,16)17;/h3-6H,1,7H2,2H3,(H,12,15);/q-1;. The average molecular weight is 371 g/mol. The van der Waals surface area contributed by atoms with Gasteiger partial charge in [0.15, 0.2) is 0 Å². The van der Waals surface area contributed by atoms with E-state index in [2.05, 4.69) is 21.6 Å². The summed E-state index contributed by atoms with van der Waals surface area (Å²) in [7, 11) is -0.218. The van der Waals surface area contributed by atoms with Crippen molar-refractivity contribution in [2.45, 2.75) is 6.61 Å². The second-order valence-electron chi connectivity index (χ2n) is 3.86. The Hall–Kier alpha value is -0.826. The van der Waals surface area contributed by atoms with Gasteiger partial charge in [0.05, 0.1) is 23.0 Å². The SMILES string of the molecule is [CH2-]NC(=O)c1cccn2nc(COS(C)(=O)=O)cc12.[Y]. The first-order chi connectivity index (χ1) is 8.90. The van der Waals surface area contributed by atoms with Crippen molar-refractivity contribution in [2.24, 2.45) is 0 Å². The van der Waals surface area contributed by atoms with E-state index >= 15 is 0 Å². The summed E-state index contributed by atoms with van der Waals surface area (Å²) >= 11 is 0. The number of hydrogen-bond acceptors (Lipinski definition) is 5. The largest absolute Gasteiger partial charge is 0.504 e. The van der Waals surface area contributed by atoms with Gasteiger partial charge in [0.25, 0.3) is 10.1 Å². The van der Waals surface area contributed by atoms with Crippen molar-refractivity contribution in [3.8, 4) is 0 Å². The molecule has 20 heavy (non-hydrogen) atoms. The monoisotopic (exact) mass is 371 g/mol. The van der Waals surface area contributed by atoms with E-state index in [9.17, 15) is 13.2 Å². The summed E-state index contributed by atoms with van der Waals surface area (Å²) in [6, 6.07) is 4.88. The zero-order chi connectivity index (χ0) is 14.0. The third-order valence-corrected chi connectivity index (χ3v) is 2.92. The van der Waals surface area contributed by atoms with Crippen molar-refractivity contribution in [1.29, 1.82) is 0 Å². The fourth-order valence-electron chi connectivity index (χ4n) is 1.59. The third-order valence-electron chi connectivity index (χ3n) is 2.38. The van der Waals surface area contributed by atoms with Gasteiger partial charge < -0.3 is 5.32 Å². The Morgan fingerprint density at radius 3 is 2.85 bits per heavy atom. The van der Waals surface area contributed by atoms with E-state index in [1.54, 1.807) is 24.4 Å². The van der Waals surface area contributed by atoms with E-state index < -0.39 is 10.1 Å². The number of rotatable bonds is 4. The molecule has 7 nitrogen and oxygen atoms in total. The smallest absolute Gasteiger partial charge is 0.264 e. The maximum absolute atomic E-state index is 11.6. The molecule has 2 heterocycles. The van der Waals surface area contributed by atoms with Crippen LogP contribution in [0.4, 0.5) is 0 Å². The number of carbonyl (C=O) groups is 1. The molecule has 0 bridgehead atoms. The topological polar surface area (TPSA) is 89.8 Å². The Morgan fingerprint density at radius 1 is 1.55 bits per heavy atom. The molecular weight excluding hydrogens is 359 g/mol. The van der Waals surface area contributed by atoms with E-state index in [1.165, 1.54) is 4.52 Å². The second-order valence-corrected chi connectivity index (χ2v) is 5.50. The number of nitrogens with zero attached hydrogens (tertiary/aromatic N) is 2. The number of hydrogen-bond donors (Lipinski definition) is 1. The summed E-state index contributed by atoms with van der Waals surface area (Å²) in [5.41, 5.74) is 1.36. The van der Waals surface area contributed by atoms with Gasteiger partial charge in [0.1, 0.15) is 6.61 Å². The van der Waals surface area contributed by atoms with Gasteiger partial charge in [-0.05, 0) is 18.2 Å². The fourth-order valence-corrected chi connectivity index (χ4v) is 1.93. The summed E-state index contributed by atoms with van der Waals surface area (Å²) in [5, 5.41) is 6.40. The van der Waals surface area contributed by atoms with Crippen LogP contribution in [0.3, 0.4) is 0 Å². The van der Waals surface area contributed by atoms with Crippen molar-refractivity contribution >= 4 is 21.5 Å². The fraction of sp³-hybridized carbons (Fsp3) is 0.182. The Labute approximate surface area is 141 Å². The third kappa shape index (κ3) is 4.08. The number of fused-ring (bicyclic) bond motifs is 1. The second kappa shape index (κ2) is 6.75. The van der Waals surface area contributed by atoms with E-state index in [1.807, 2.05) is 0 Å². The van der Waals surface area contributed by atoms with Crippen molar-refractivity contribution in [1.82, 2.24) is 14.9 Å². The molecule has 1 N–H and O–H groups in total. The Balaban J connectivity index is 0.00000200. The van der Waals surface area contributed by atoms with Gasteiger partial charge in [-0.25, -0.2) is 4.52 Å². The Bertz CT molecular complexity index is 726. The van der Waals surface area contributed by atoms with Crippen LogP contribution < -0.4 is 5.32 Å². The van der Waals surface area contributed by atoms with Gasteiger partial charge in [-0.3, -0.25) is 16.0 Å². The van der Waals surface area contributed by atoms with Crippen LogP contribution in [0.25, 0.3) is 5.52 Å². The molecule has 0 aliphatic carbocycles. The molecule has 0 saturated heterocycles. The molecule has 0 atom stereocenters. The van der Waals surface area contributed by atoms with Crippen LogP contribution in [0.5, 0.6) is 0 Å². The Kier molecular flexibility index (Phi) is 5.82. The van der Waals surface area contributed by atoms with Crippen LogP contribution in [0.2, 0.25) is 0 Å². The molecule has 9 heteroatoms. The number of nitrogens with one attached hydrogen (secondary N) is 1. The van der Waals surface area contributed by atoms with E-state index in [-0.39, 0.29) is 45.2 Å². The van der Waals surface area contributed by atoms with Crippen LogP contribution in [0.1, 0.15) is 16.1 Å². The molecule has 2 aromatic heterocycles. The number of pyridine rings is 1. The summed E-state index contributed by atoms with van der Waals surface area (Å²) < 4.78 is 28.0. The van der Waals surface area contributed by atoms with Gasteiger partial charge in [0.2, 0.25) is 5.91 Å². The van der Waals surface area contributed by atoms with Crippen molar-refractivity contribution in [3.63, 3.8) is 0 Å². The van der Waals surface area contributed by atoms with Gasteiger partial charge in [-0.1, -0.05) is 0 Å². The van der Waals surface area contributed by atoms with Crippen LogP contribution in [0, 0.1) is 7.05 Å². The predicted molar refractivity (Wildman–Crippen MR) is 67.6 cm³/mol. The minimum atomic E-state index is -3.53. The van der Waals surface area contributed by atoms with Crippen molar-refractivity contribution in [2.75, 3.05) is 6.26 Å². The summed E-state index contributed by atoms with van der Waals surface area (Å²) in [6.45, 7) is -0.175.